The summed E-state index contributed by atoms with van der Waals surface area (Å²) in [6, 6.07) is 22.8. The number of carboxylic acid groups (broad SMARTS) is 1. The van der Waals surface area contributed by atoms with Crippen molar-refractivity contribution < 1.29 is 23.1 Å². The molecule has 3 rings (SSSR count). The smallest absolute Gasteiger partial charge is 0.308 e. The summed E-state index contributed by atoms with van der Waals surface area (Å²) in [5, 5.41) is 21.0. The minimum atomic E-state index is -3.85. The first-order valence-electron chi connectivity index (χ1n) is 9.83. The van der Waals surface area contributed by atoms with E-state index in [0.717, 1.165) is 4.90 Å². The summed E-state index contributed by atoms with van der Waals surface area (Å²) < 4.78 is 25.6. The van der Waals surface area contributed by atoms with Gasteiger partial charge >= 0.3 is 5.97 Å². The zero-order chi connectivity index (χ0) is 23.8. The molecular weight excluding hydrogens is 460 g/mol. The first kappa shape index (κ1) is 24.0. The Morgan fingerprint density at radius 1 is 0.970 bits per heavy atom. The van der Waals surface area contributed by atoms with Crippen LogP contribution in [0.25, 0.3) is 0 Å². The van der Waals surface area contributed by atoms with Crippen molar-refractivity contribution in [2.75, 3.05) is 16.8 Å². The van der Waals surface area contributed by atoms with Gasteiger partial charge in [-0.05, 0) is 60.7 Å². The summed E-state index contributed by atoms with van der Waals surface area (Å²) in [4.78, 5) is 24.8. The van der Waals surface area contributed by atoms with E-state index in [2.05, 4.69) is 5.32 Å². The summed E-state index contributed by atoms with van der Waals surface area (Å²) >= 11 is 1.29. The van der Waals surface area contributed by atoms with Crippen LogP contribution in [-0.2, 0) is 14.6 Å². The van der Waals surface area contributed by atoms with Gasteiger partial charge in [0.25, 0.3) is 5.91 Å². The molecule has 0 bridgehead atoms. The van der Waals surface area contributed by atoms with Crippen LogP contribution in [-0.4, -0.2) is 36.9 Å². The lowest BCUT2D eigenvalue weighted by atomic mass is 10.1. The number of carbonyl (C=O) groups excluding carboxylic acids is 1. The number of anilines is 1. The number of carbonyl (C=O) groups is 2. The third-order valence-electron chi connectivity index (χ3n) is 4.71. The van der Waals surface area contributed by atoms with Crippen molar-refractivity contribution in [2.24, 2.45) is 5.92 Å². The number of hydrogen-bond acceptors (Lipinski definition) is 6. The fraction of sp³-hybridized carbons (Fsp3) is 0.125. The molecule has 1 atom stereocenters. The van der Waals surface area contributed by atoms with Gasteiger partial charge in [0, 0.05) is 21.9 Å². The number of sulfone groups is 1. The lowest BCUT2D eigenvalue weighted by Gasteiger charge is -2.13. The topological polar surface area (TPSA) is 124 Å². The van der Waals surface area contributed by atoms with Crippen LogP contribution in [0.2, 0.25) is 0 Å². The van der Waals surface area contributed by atoms with Gasteiger partial charge in [-0.2, -0.15) is 5.26 Å². The predicted octanol–water partition coefficient (Wildman–Crippen LogP) is 4.08. The SMILES string of the molecule is N#Cc1ccc(C(=O)Nc2ccc(S(=O)(=O)CC(CSc3ccccc3)C(=O)O)cc2)cc1. The molecule has 2 N–H and O–H groups in total. The molecular formula is C24H20N2O5S2. The summed E-state index contributed by atoms with van der Waals surface area (Å²) in [6.07, 6.45) is 0. The normalized spacial score (nSPS) is 11.8. The predicted molar refractivity (Wildman–Crippen MR) is 126 cm³/mol. The van der Waals surface area contributed by atoms with Crippen LogP contribution >= 0.6 is 11.8 Å². The van der Waals surface area contributed by atoms with Crippen LogP contribution in [0.3, 0.4) is 0 Å². The van der Waals surface area contributed by atoms with E-state index >= 15 is 0 Å². The van der Waals surface area contributed by atoms with Gasteiger partial charge < -0.3 is 10.4 Å². The minimum Gasteiger partial charge on any atom is -0.481 e. The summed E-state index contributed by atoms with van der Waals surface area (Å²) in [7, 11) is -3.85. The Balaban J connectivity index is 1.65. The molecule has 0 spiro atoms. The summed E-state index contributed by atoms with van der Waals surface area (Å²) in [6.45, 7) is 0. The molecule has 3 aromatic carbocycles. The van der Waals surface area contributed by atoms with Gasteiger partial charge in [-0.15, -0.1) is 11.8 Å². The third kappa shape index (κ3) is 6.68. The van der Waals surface area contributed by atoms with Crippen LogP contribution in [0, 0.1) is 17.2 Å². The average Bonchev–Trinajstić information content (AvgIpc) is 2.82. The molecule has 0 heterocycles. The number of aliphatic carboxylic acids is 1. The Labute approximate surface area is 196 Å². The average molecular weight is 481 g/mol. The van der Waals surface area contributed by atoms with Crippen molar-refractivity contribution in [2.45, 2.75) is 9.79 Å². The van der Waals surface area contributed by atoms with E-state index in [-0.39, 0.29) is 10.6 Å². The van der Waals surface area contributed by atoms with Crippen molar-refractivity contribution in [3.63, 3.8) is 0 Å². The maximum absolute atomic E-state index is 12.8. The van der Waals surface area contributed by atoms with E-state index < -0.39 is 33.4 Å². The first-order valence-corrected chi connectivity index (χ1v) is 12.5. The van der Waals surface area contributed by atoms with E-state index in [1.807, 2.05) is 36.4 Å². The standard InChI is InChI=1S/C24H20N2O5S2/c25-14-17-6-8-18(9-7-17)23(27)26-20-10-12-22(13-11-20)33(30,31)16-19(24(28)29)15-32-21-4-2-1-3-5-21/h1-13,19H,15-16H2,(H,26,27)(H,28,29). The molecule has 0 fully saturated rings. The zero-order valence-electron chi connectivity index (χ0n) is 17.3. The molecule has 0 aliphatic rings. The number of rotatable bonds is 9. The number of thioether (sulfide) groups is 1. The molecule has 1 amide bonds. The number of nitrogens with zero attached hydrogens (tertiary/aromatic N) is 1. The molecule has 3 aromatic rings. The second-order valence-electron chi connectivity index (χ2n) is 7.11. The lowest BCUT2D eigenvalue weighted by molar-refractivity contribution is -0.140. The lowest BCUT2D eigenvalue weighted by Crippen LogP contribution is -2.26. The molecule has 33 heavy (non-hydrogen) atoms. The Morgan fingerprint density at radius 3 is 2.18 bits per heavy atom. The van der Waals surface area contributed by atoms with Gasteiger partial charge in [-0.3, -0.25) is 9.59 Å². The first-order chi connectivity index (χ1) is 15.8. The number of carboxylic acids is 1. The van der Waals surface area contributed by atoms with Gasteiger partial charge in [-0.25, -0.2) is 8.42 Å². The van der Waals surface area contributed by atoms with Gasteiger partial charge in [-0.1, -0.05) is 18.2 Å². The van der Waals surface area contributed by atoms with Gasteiger partial charge in [0.15, 0.2) is 9.84 Å². The van der Waals surface area contributed by atoms with Crippen molar-refractivity contribution in [1.29, 1.82) is 5.26 Å². The molecule has 0 radical (unpaired) electrons. The Hall–Kier alpha value is -3.61. The Kier molecular flexibility index (Phi) is 7.87. The van der Waals surface area contributed by atoms with Crippen molar-refractivity contribution in [3.8, 4) is 6.07 Å². The maximum Gasteiger partial charge on any atom is 0.308 e. The number of benzene rings is 3. The quantitative estimate of drug-likeness (QED) is 0.442. The van der Waals surface area contributed by atoms with Crippen LogP contribution in [0.15, 0.2) is 88.7 Å². The molecule has 9 heteroatoms. The monoisotopic (exact) mass is 480 g/mol. The van der Waals surface area contributed by atoms with Crippen LogP contribution in [0.5, 0.6) is 0 Å². The molecule has 7 nitrogen and oxygen atoms in total. The Bertz CT molecular complexity index is 1270. The number of nitriles is 1. The second kappa shape index (κ2) is 10.8. The fourth-order valence-electron chi connectivity index (χ4n) is 2.91. The molecule has 0 aliphatic carbocycles. The van der Waals surface area contributed by atoms with E-state index in [1.165, 1.54) is 60.3 Å². The fourth-order valence-corrected chi connectivity index (χ4v) is 5.60. The van der Waals surface area contributed by atoms with Crippen LogP contribution < -0.4 is 5.32 Å². The highest BCUT2D eigenvalue weighted by atomic mass is 32.2. The van der Waals surface area contributed by atoms with Gasteiger partial charge in [0.05, 0.1) is 28.2 Å². The van der Waals surface area contributed by atoms with E-state index in [1.54, 1.807) is 0 Å². The highest BCUT2D eigenvalue weighted by Gasteiger charge is 2.27. The second-order valence-corrected chi connectivity index (χ2v) is 10.2. The van der Waals surface area contributed by atoms with Crippen molar-refractivity contribution >= 4 is 39.2 Å². The number of amides is 1. The number of nitrogens with one attached hydrogen (secondary N) is 1. The van der Waals surface area contributed by atoms with E-state index in [0.29, 0.717) is 16.8 Å². The van der Waals surface area contributed by atoms with Crippen LogP contribution in [0.4, 0.5) is 5.69 Å². The minimum absolute atomic E-state index is 0.0187. The maximum atomic E-state index is 12.8. The van der Waals surface area contributed by atoms with Crippen molar-refractivity contribution in [3.05, 3.63) is 90.0 Å². The van der Waals surface area contributed by atoms with Crippen molar-refractivity contribution in [1.82, 2.24) is 0 Å². The Morgan fingerprint density at radius 2 is 1.61 bits per heavy atom. The van der Waals surface area contributed by atoms with Gasteiger partial charge in [0.1, 0.15) is 0 Å². The van der Waals surface area contributed by atoms with E-state index in [9.17, 15) is 23.1 Å². The highest BCUT2D eigenvalue weighted by molar-refractivity contribution is 7.99. The third-order valence-corrected chi connectivity index (χ3v) is 7.72. The molecule has 1 unspecified atom stereocenters. The largest absolute Gasteiger partial charge is 0.481 e. The molecule has 0 saturated carbocycles. The summed E-state index contributed by atoms with van der Waals surface area (Å²) in [5.74, 6) is -3.06. The molecule has 0 aliphatic heterocycles. The van der Waals surface area contributed by atoms with Crippen LogP contribution in [0.1, 0.15) is 15.9 Å². The zero-order valence-corrected chi connectivity index (χ0v) is 19.0. The summed E-state index contributed by atoms with van der Waals surface area (Å²) in [5.41, 5.74) is 1.17. The molecule has 0 saturated heterocycles. The highest BCUT2D eigenvalue weighted by Crippen LogP contribution is 2.24. The van der Waals surface area contributed by atoms with E-state index in [4.69, 9.17) is 5.26 Å². The number of hydrogen-bond donors (Lipinski definition) is 2. The molecule has 0 aromatic heterocycles. The van der Waals surface area contributed by atoms with Gasteiger partial charge in [0.2, 0.25) is 0 Å². The molecule has 168 valence electrons.